The lowest BCUT2D eigenvalue weighted by molar-refractivity contribution is -0.126. The first-order chi connectivity index (χ1) is 9.88. The molecule has 0 fully saturated rings. The van der Waals surface area contributed by atoms with Gasteiger partial charge in [0.1, 0.15) is 0 Å². The van der Waals surface area contributed by atoms with Crippen LogP contribution in [0.5, 0.6) is 5.75 Å². The Kier molecular flexibility index (Phi) is 6.62. The lowest BCUT2D eigenvalue weighted by Crippen LogP contribution is -2.46. The molecule has 0 saturated carbocycles. The Labute approximate surface area is 126 Å². The van der Waals surface area contributed by atoms with E-state index >= 15 is 0 Å². The Morgan fingerprint density at radius 1 is 1.38 bits per heavy atom. The number of methoxy groups -OCH3 is 1. The maximum absolute atomic E-state index is 13.7. The van der Waals surface area contributed by atoms with Gasteiger partial charge in [0.25, 0.3) is 0 Å². The fourth-order valence-electron chi connectivity index (χ4n) is 2.14. The van der Waals surface area contributed by atoms with Crippen LogP contribution in [-0.2, 0) is 11.3 Å². The minimum Gasteiger partial charge on any atom is -0.494 e. The topological polar surface area (TPSA) is 41.6 Å². The summed E-state index contributed by atoms with van der Waals surface area (Å²) in [6.45, 7) is 8.93. The zero-order valence-electron chi connectivity index (χ0n) is 13.4. The fraction of sp³-hybridized carbons (Fsp3) is 0.562. The fourth-order valence-corrected chi connectivity index (χ4v) is 2.14. The van der Waals surface area contributed by atoms with Crippen molar-refractivity contribution in [2.45, 2.75) is 46.3 Å². The van der Waals surface area contributed by atoms with E-state index in [0.717, 1.165) is 5.56 Å². The van der Waals surface area contributed by atoms with Crippen LogP contribution in [0.3, 0.4) is 0 Å². The second kappa shape index (κ2) is 7.98. The lowest BCUT2D eigenvalue weighted by atomic mass is 10.1. The highest BCUT2D eigenvalue weighted by Crippen LogP contribution is 2.19. The van der Waals surface area contributed by atoms with Gasteiger partial charge in [0.05, 0.1) is 13.2 Å². The first-order valence-corrected chi connectivity index (χ1v) is 7.25. The molecule has 0 saturated heterocycles. The highest BCUT2D eigenvalue weighted by atomic mass is 19.1. The summed E-state index contributed by atoms with van der Waals surface area (Å²) in [7, 11) is 1.44. The van der Waals surface area contributed by atoms with Gasteiger partial charge in [-0.25, -0.2) is 4.39 Å². The van der Waals surface area contributed by atoms with Gasteiger partial charge in [-0.15, -0.1) is 0 Å². The summed E-state index contributed by atoms with van der Waals surface area (Å²) in [5.74, 6) is -0.168. The molecule has 0 aromatic heterocycles. The van der Waals surface area contributed by atoms with Crippen LogP contribution in [-0.4, -0.2) is 36.5 Å². The summed E-state index contributed by atoms with van der Waals surface area (Å²) in [5.41, 5.74) is 0.819. The molecule has 1 rings (SSSR count). The minimum atomic E-state index is -0.384. The van der Waals surface area contributed by atoms with Crippen LogP contribution in [0.4, 0.5) is 4.39 Å². The largest absolute Gasteiger partial charge is 0.494 e. The number of carbonyl (C=O) groups is 1. The van der Waals surface area contributed by atoms with Crippen LogP contribution in [0.15, 0.2) is 18.2 Å². The number of carbonyl (C=O) groups excluding carboxylic acids is 1. The molecule has 21 heavy (non-hydrogen) atoms. The smallest absolute Gasteiger partial charge is 0.237 e. The maximum Gasteiger partial charge on any atom is 0.237 e. The molecule has 1 amide bonds. The van der Waals surface area contributed by atoms with Crippen LogP contribution in [0.2, 0.25) is 0 Å². The van der Waals surface area contributed by atoms with Crippen molar-refractivity contribution in [3.05, 3.63) is 29.6 Å². The number of hydrogen-bond donors (Lipinski definition) is 1. The first kappa shape index (κ1) is 17.4. The third kappa shape index (κ3) is 5.01. The molecule has 0 spiro atoms. The van der Waals surface area contributed by atoms with Gasteiger partial charge in [-0.05, 0) is 45.0 Å². The van der Waals surface area contributed by atoms with Crippen molar-refractivity contribution in [3.8, 4) is 5.75 Å². The van der Waals surface area contributed by atoms with E-state index in [2.05, 4.69) is 5.32 Å². The van der Waals surface area contributed by atoms with Crippen molar-refractivity contribution in [1.82, 2.24) is 10.2 Å². The Balaban J connectivity index is 2.77. The number of ether oxygens (including phenoxy) is 1. The first-order valence-electron chi connectivity index (χ1n) is 7.25. The second-order valence-electron chi connectivity index (χ2n) is 5.37. The summed E-state index contributed by atoms with van der Waals surface area (Å²) in [4.78, 5) is 14.1. The minimum absolute atomic E-state index is 0.0131. The van der Waals surface area contributed by atoms with E-state index in [1.807, 2.05) is 38.7 Å². The Hall–Kier alpha value is -1.62. The SMILES string of the molecule is CCN(Cc1ccc(OC)c(F)c1)[C@H](C)C(=O)NC(C)C. The maximum atomic E-state index is 13.7. The highest BCUT2D eigenvalue weighted by Gasteiger charge is 2.21. The third-order valence-corrected chi connectivity index (χ3v) is 3.37. The number of hydrogen-bond acceptors (Lipinski definition) is 3. The number of nitrogens with zero attached hydrogens (tertiary/aromatic N) is 1. The average Bonchev–Trinajstić information content (AvgIpc) is 2.43. The van der Waals surface area contributed by atoms with Crippen molar-refractivity contribution in [2.24, 2.45) is 0 Å². The summed E-state index contributed by atoms with van der Waals surface area (Å²) in [6, 6.07) is 4.73. The predicted octanol–water partition coefficient (Wildman–Crippen LogP) is 2.57. The van der Waals surface area contributed by atoms with Crippen molar-refractivity contribution in [2.75, 3.05) is 13.7 Å². The highest BCUT2D eigenvalue weighted by molar-refractivity contribution is 5.81. The molecule has 0 bridgehead atoms. The number of rotatable bonds is 7. The van der Waals surface area contributed by atoms with E-state index in [4.69, 9.17) is 4.74 Å². The normalized spacial score (nSPS) is 12.6. The summed E-state index contributed by atoms with van der Waals surface area (Å²) >= 11 is 0. The summed E-state index contributed by atoms with van der Waals surface area (Å²) in [6.07, 6.45) is 0. The second-order valence-corrected chi connectivity index (χ2v) is 5.37. The number of amides is 1. The van der Waals surface area contributed by atoms with Crippen LogP contribution in [0, 0.1) is 5.82 Å². The Bertz CT molecular complexity index is 477. The van der Waals surface area contributed by atoms with Gasteiger partial charge in [0, 0.05) is 12.6 Å². The molecule has 0 radical (unpaired) electrons. The quantitative estimate of drug-likeness (QED) is 0.841. The number of nitrogens with one attached hydrogen (secondary N) is 1. The number of benzene rings is 1. The lowest BCUT2D eigenvalue weighted by Gasteiger charge is -2.27. The monoisotopic (exact) mass is 296 g/mol. The molecule has 5 heteroatoms. The van der Waals surface area contributed by atoms with Gasteiger partial charge < -0.3 is 10.1 Å². The Morgan fingerprint density at radius 2 is 2.05 bits per heavy atom. The molecular formula is C16H25FN2O2. The van der Waals surface area contributed by atoms with E-state index in [1.165, 1.54) is 13.2 Å². The number of likely N-dealkylation sites (N-methyl/N-ethyl adjacent to an activating group) is 1. The molecule has 4 nitrogen and oxygen atoms in total. The third-order valence-electron chi connectivity index (χ3n) is 3.37. The molecule has 1 N–H and O–H groups in total. The van der Waals surface area contributed by atoms with E-state index in [9.17, 15) is 9.18 Å². The molecule has 118 valence electrons. The predicted molar refractivity (Wildman–Crippen MR) is 81.8 cm³/mol. The van der Waals surface area contributed by atoms with Crippen molar-refractivity contribution in [1.29, 1.82) is 0 Å². The summed E-state index contributed by atoms with van der Waals surface area (Å²) in [5, 5.41) is 2.90. The van der Waals surface area contributed by atoms with E-state index < -0.39 is 0 Å². The van der Waals surface area contributed by atoms with Crippen LogP contribution in [0.25, 0.3) is 0 Å². The van der Waals surface area contributed by atoms with Crippen molar-refractivity contribution in [3.63, 3.8) is 0 Å². The molecule has 0 aliphatic carbocycles. The standard InChI is InChI=1S/C16H25FN2O2/c1-6-19(12(4)16(20)18-11(2)3)10-13-7-8-15(21-5)14(17)9-13/h7-9,11-12H,6,10H2,1-5H3,(H,18,20)/t12-/m1/s1. The molecule has 1 aromatic carbocycles. The van der Waals surface area contributed by atoms with Crippen LogP contribution >= 0.6 is 0 Å². The Morgan fingerprint density at radius 3 is 2.52 bits per heavy atom. The van der Waals surface area contributed by atoms with E-state index in [-0.39, 0.29) is 29.6 Å². The van der Waals surface area contributed by atoms with E-state index in [1.54, 1.807) is 6.07 Å². The van der Waals surface area contributed by atoms with Gasteiger partial charge >= 0.3 is 0 Å². The van der Waals surface area contributed by atoms with Gasteiger partial charge in [-0.2, -0.15) is 0 Å². The van der Waals surface area contributed by atoms with Gasteiger partial charge in [0.2, 0.25) is 5.91 Å². The van der Waals surface area contributed by atoms with Gasteiger partial charge in [-0.3, -0.25) is 9.69 Å². The van der Waals surface area contributed by atoms with Gasteiger partial charge in [0.15, 0.2) is 11.6 Å². The van der Waals surface area contributed by atoms with Crippen molar-refractivity contribution < 1.29 is 13.9 Å². The van der Waals surface area contributed by atoms with E-state index in [0.29, 0.717) is 13.1 Å². The average molecular weight is 296 g/mol. The zero-order valence-corrected chi connectivity index (χ0v) is 13.4. The molecule has 1 aromatic rings. The molecular weight excluding hydrogens is 271 g/mol. The zero-order chi connectivity index (χ0) is 16.0. The van der Waals surface area contributed by atoms with Crippen LogP contribution < -0.4 is 10.1 Å². The molecule has 0 heterocycles. The molecule has 0 aliphatic rings. The summed E-state index contributed by atoms with van der Waals surface area (Å²) < 4.78 is 18.6. The number of halogens is 1. The molecule has 0 aliphatic heterocycles. The molecule has 1 atom stereocenters. The van der Waals surface area contributed by atoms with Crippen molar-refractivity contribution >= 4 is 5.91 Å². The van der Waals surface area contributed by atoms with Gasteiger partial charge in [-0.1, -0.05) is 13.0 Å². The molecule has 0 unspecified atom stereocenters. The van der Waals surface area contributed by atoms with Crippen LogP contribution in [0.1, 0.15) is 33.3 Å².